The lowest BCUT2D eigenvalue weighted by atomic mass is 10.1. The molecule has 2 heterocycles. The van der Waals surface area contributed by atoms with Gasteiger partial charge in [0, 0.05) is 22.7 Å². The largest absolute Gasteiger partial charge is 0.465 e. The van der Waals surface area contributed by atoms with Gasteiger partial charge in [-0.05, 0) is 19.8 Å². The molecule has 1 fully saturated rings. The van der Waals surface area contributed by atoms with Crippen molar-refractivity contribution in [2.45, 2.75) is 49.3 Å². The van der Waals surface area contributed by atoms with Gasteiger partial charge >= 0.3 is 11.7 Å². The van der Waals surface area contributed by atoms with Crippen molar-refractivity contribution in [1.82, 2.24) is 15.0 Å². The number of aryl methyl sites for hydroxylation is 1. The van der Waals surface area contributed by atoms with Crippen LogP contribution < -0.4 is 5.69 Å². The predicted octanol–water partition coefficient (Wildman–Crippen LogP) is 3.27. The number of H-pyrrole nitrogens is 1. The number of nitrogens with one attached hydrogen (secondary N) is 1. The predicted molar refractivity (Wildman–Crippen MR) is 93.8 cm³/mol. The van der Waals surface area contributed by atoms with Gasteiger partial charge < -0.3 is 9.72 Å². The van der Waals surface area contributed by atoms with E-state index in [0.717, 1.165) is 5.69 Å². The van der Waals surface area contributed by atoms with E-state index in [4.69, 9.17) is 9.72 Å². The summed E-state index contributed by atoms with van der Waals surface area (Å²) in [5.41, 5.74) is 1.28. The maximum Gasteiger partial charge on any atom is 0.346 e. The first-order chi connectivity index (χ1) is 11.6. The minimum absolute atomic E-state index is 0.313. The molecular formula is C16H19N3O3S2. The second-order valence-corrected chi connectivity index (χ2v) is 7.64. The van der Waals surface area contributed by atoms with Crippen molar-refractivity contribution in [2.24, 2.45) is 0 Å². The van der Waals surface area contributed by atoms with Gasteiger partial charge in [0.15, 0.2) is 0 Å². The standard InChI is InChI=1S/C16H19N3O3S2/c1-9-12(15(20)22-2)14(19-16(21)17-9)24-8-11-7-23-13(18-11)10-5-3-4-6-10/h7,10H,3-6,8H2,1-2H3,(H,17,19,21). The SMILES string of the molecule is COC(=O)c1c(SCc2csc(C3CCCC3)n2)nc(=O)[nH]c1C. The summed E-state index contributed by atoms with van der Waals surface area (Å²) in [6.45, 7) is 1.67. The fourth-order valence-corrected chi connectivity index (χ4v) is 4.95. The summed E-state index contributed by atoms with van der Waals surface area (Å²) in [7, 11) is 1.32. The minimum Gasteiger partial charge on any atom is -0.465 e. The van der Waals surface area contributed by atoms with E-state index >= 15 is 0 Å². The molecule has 1 aliphatic carbocycles. The van der Waals surface area contributed by atoms with Crippen LogP contribution in [0.15, 0.2) is 15.2 Å². The molecule has 0 spiro atoms. The molecule has 0 aromatic carbocycles. The van der Waals surface area contributed by atoms with E-state index in [1.165, 1.54) is 49.6 Å². The van der Waals surface area contributed by atoms with Gasteiger partial charge in [-0.15, -0.1) is 11.3 Å². The highest BCUT2D eigenvalue weighted by Crippen LogP contribution is 2.36. The van der Waals surface area contributed by atoms with E-state index in [2.05, 4.69) is 15.3 Å². The monoisotopic (exact) mass is 365 g/mol. The number of thiazole rings is 1. The lowest BCUT2D eigenvalue weighted by Crippen LogP contribution is -2.19. The molecule has 0 saturated heterocycles. The summed E-state index contributed by atoms with van der Waals surface area (Å²) >= 11 is 3.04. The van der Waals surface area contributed by atoms with Crippen LogP contribution in [0.4, 0.5) is 0 Å². The Morgan fingerprint density at radius 2 is 2.17 bits per heavy atom. The molecule has 0 atom stereocenters. The summed E-state index contributed by atoms with van der Waals surface area (Å²) in [4.78, 5) is 34.7. The average Bonchev–Trinajstić information content (AvgIpc) is 3.22. The van der Waals surface area contributed by atoms with Crippen molar-refractivity contribution in [2.75, 3.05) is 7.11 Å². The molecule has 2 aromatic rings. The van der Waals surface area contributed by atoms with Crippen LogP contribution >= 0.6 is 23.1 Å². The zero-order valence-corrected chi connectivity index (χ0v) is 15.3. The molecule has 6 nitrogen and oxygen atoms in total. The van der Waals surface area contributed by atoms with E-state index in [1.54, 1.807) is 18.3 Å². The summed E-state index contributed by atoms with van der Waals surface area (Å²) in [6.07, 6.45) is 5.02. The van der Waals surface area contributed by atoms with Gasteiger partial charge in [-0.25, -0.2) is 14.6 Å². The third-order valence-electron chi connectivity index (χ3n) is 4.11. The number of carbonyl (C=O) groups is 1. The van der Waals surface area contributed by atoms with Crippen LogP contribution in [0, 0.1) is 6.92 Å². The van der Waals surface area contributed by atoms with Crippen molar-refractivity contribution >= 4 is 29.1 Å². The number of carbonyl (C=O) groups excluding carboxylic acids is 1. The van der Waals surface area contributed by atoms with Crippen LogP contribution in [-0.4, -0.2) is 28.0 Å². The van der Waals surface area contributed by atoms with Gasteiger partial charge in [0.05, 0.1) is 17.8 Å². The third kappa shape index (κ3) is 3.70. The molecule has 0 bridgehead atoms. The fourth-order valence-electron chi connectivity index (χ4n) is 2.90. The highest BCUT2D eigenvalue weighted by Gasteiger charge is 2.21. The topological polar surface area (TPSA) is 84.9 Å². The van der Waals surface area contributed by atoms with Crippen LogP contribution in [0.25, 0.3) is 0 Å². The smallest absolute Gasteiger partial charge is 0.346 e. The fraction of sp³-hybridized carbons (Fsp3) is 0.500. The van der Waals surface area contributed by atoms with Crippen molar-refractivity contribution in [3.63, 3.8) is 0 Å². The van der Waals surface area contributed by atoms with Gasteiger partial charge in [-0.2, -0.15) is 4.98 Å². The molecule has 8 heteroatoms. The maximum atomic E-state index is 11.9. The molecule has 0 amide bonds. The Hall–Kier alpha value is -1.67. The molecule has 2 aromatic heterocycles. The molecule has 1 N–H and O–H groups in total. The second kappa shape index (κ2) is 7.48. The first kappa shape index (κ1) is 17.2. The molecular weight excluding hydrogens is 346 g/mol. The third-order valence-corrected chi connectivity index (χ3v) is 6.17. The van der Waals surface area contributed by atoms with Crippen LogP contribution in [0.5, 0.6) is 0 Å². The lowest BCUT2D eigenvalue weighted by molar-refractivity contribution is 0.0594. The Kier molecular flexibility index (Phi) is 5.35. The van der Waals surface area contributed by atoms with E-state index in [1.807, 2.05) is 0 Å². The number of ether oxygens (including phenoxy) is 1. The van der Waals surface area contributed by atoms with Crippen molar-refractivity contribution in [1.29, 1.82) is 0 Å². The van der Waals surface area contributed by atoms with E-state index < -0.39 is 11.7 Å². The van der Waals surface area contributed by atoms with Gasteiger partial charge in [0.25, 0.3) is 0 Å². The normalized spacial score (nSPS) is 14.9. The lowest BCUT2D eigenvalue weighted by Gasteiger charge is -2.08. The average molecular weight is 365 g/mol. The van der Waals surface area contributed by atoms with E-state index in [9.17, 15) is 9.59 Å². The first-order valence-electron chi connectivity index (χ1n) is 7.85. The van der Waals surface area contributed by atoms with Crippen molar-refractivity contribution in [3.05, 3.63) is 37.8 Å². The molecule has 0 aliphatic heterocycles. The number of thioether (sulfide) groups is 1. The van der Waals surface area contributed by atoms with Crippen LogP contribution in [0.1, 0.15) is 58.4 Å². The number of hydrogen-bond donors (Lipinski definition) is 1. The number of hydrogen-bond acceptors (Lipinski definition) is 7. The Morgan fingerprint density at radius 1 is 1.42 bits per heavy atom. The quantitative estimate of drug-likeness (QED) is 0.497. The first-order valence-corrected chi connectivity index (χ1v) is 9.71. The number of aromatic amines is 1. The molecule has 0 unspecified atom stereocenters. The minimum atomic E-state index is -0.497. The molecule has 3 rings (SSSR count). The Bertz CT molecular complexity index is 794. The molecule has 1 saturated carbocycles. The van der Waals surface area contributed by atoms with Gasteiger partial charge in [-0.3, -0.25) is 0 Å². The van der Waals surface area contributed by atoms with E-state index in [0.29, 0.717) is 28.0 Å². The van der Waals surface area contributed by atoms with Crippen molar-refractivity contribution in [3.8, 4) is 0 Å². The summed E-state index contributed by atoms with van der Waals surface area (Å²) in [5.74, 6) is 0.673. The Balaban J connectivity index is 1.77. The van der Waals surface area contributed by atoms with Crippen LogP contribution in [0.3, 0.4) is 0 Å². The molecule has 24 heavy (non-hydrogen) atoms. The molecule has 128 valence electrons. The van der Waals surface area contributed by atoms with Crippen LogP contribution in [0.2, 0.25) is 0 Å². The summed E-state index contributed by atoms with van der Waals surface area (Å²) in [6, 6.07) is 0. The highest BCUT2D eigenvalue weighted by molar-refractivity contribution is 7.98. The summed E-state index contributed by atoms with van der Waals surface area (Å²) < 4.78 is 4.79. The Morgan fingerprint density at radius 3 is 2.88 bits per heavy atom. The van der Waals surface area contributed by atoms with Gasteiger partial charge in [-0.1, -0.05) is 24.6 Å². The van der Waals surface area contributed by atoms with Crippen LogP contribution in [-0.2, 0) is 10.5 Å². The van der Waals surface area contributed by atoms with Crippen molar-refractivity contribution < 1.29 is 9.53 Å². The zero-order valence-electron chi connectivity index (χ0n) is 13.6. The Labute approximate surface area is 148 Å². The second-order valence-electron chi connectivity index (χ2n) is 5.79. The van der Waals surface area contributed by atoms with Gasteiger partial charge in [0.1, 0.15) is 10.6 Å². The number of aromatic nitrogens is 3. The number of methoxy groups -OCH3 is 1. The molecule has 0 radical (unpaired) electrons. The summed E-state index contributed by atoms with van der Waals surface area (Å²) in [5, 5.41) is 3.64. The number of rotatable bonds is 5. The number of nitrogens with zero attached hydrogens (tertiary/aromatic N) is 2. The zero-order chi connectivity index (χ0) is 17.1. The molecule has 1 aliphatic rings. The number of esters is 1. The maximum absolute atomic E-state index is 11.9. The highest BCUT2D eigenvalue weighted by atomic mass is 32.2. The van der Waals surface area contributed by atoms with Gasteiger partial charge in [0.2, 0.25) is 0 Å². The van der Waals surface area contributed by atoms with E-state index in [-0.39, 0.29) is 0 Å².